The van der Waals surface area contributed by atoms with E-state index in [1.165, 1.54) is 9.87 Å². The highest BCUT2D eigenvalue weighted by Crippen LogP contribution is 2.31. The van der Waals surface area contributed by atoms with E-state index in [0.717, 1.165) is 27.9 Å². The minimum Gasteiger partial charge on any atom is -0.261 e. The number of sulfonamides is 1. The third kappa shape index (κ3) is 3.37. The first-order valence-corrected chi connectivity index (χ1v) is 9.55. The molecule has 0 aliphatic rings. The Hall–Kier alpha value is -1.72. The molecule has 24 heavy (non-hydrogen) atoms. The van der Waals surface area contributed by atoms with E-state index in [2.05, 4.69) is 4.98 Å². The molecule has 0 fully saturated rings. The second-order valence-electron chi connectivity index (χ2n) is 6.35. The first kappa shape index (κ1) is 18.6. The highest BCUT2D eigenvalue weighted by Gasteiger charge is 2.27. The van der Waals surface area contributed by atoms with Gasteiger partial charge in [0, 0.05) is 31.9 Å². The molecule has 0 radical (unpaired) electrons. The summed E-state index contributed by atoms with van der Waals surface area (Å²) in [4.78, 5) is 4.71. The van der Waals surface area contributed by atoms with E-state index in [9.17, 15) is 8.42 Å². The molecule has 0 saturated heterocycles. The van der Waals surface area contributed by atoms with Crippen molar-refractivity contribution in [3.05, 3.63) is 57.9 Å². The molecule has 2 rings (SSSR count). The maximum Gasteiger partial charge on any atom is 0.243 e. The fourth-order valence-corrected chi connectivity index (χ4v) is 4.67. The lowest BCUT2D eigenvalue weighted by atomic mass is 9.95. The Labute approximate surface area is 145 Å². The molecule has 0 bridgehead atoms. The highest BCUT2D eigenvalue weighted by molar-refractivity contribution is 7.89. The zero-order valence-corrected chi connectivity index (χ0v) is 16.2. The number of rotatable bonds is 5. The van der Waals surface area contributed by atoms with Crippen LogP contribution in [0.4, 0.5) is 0 Å². The van der Waals surface area contributed by atoms with Gasteiger partial charge in [-0.2, -0.15) is 0 Å². The van der Waals surface area contributed by atoms with Crippen LogP contribution in [0.15, 0.2) is 29.3 Å². The van der Waals surface area contributed by atoms with E-state index in [-0.39, 0.29) is 0 Å². The van der Waals surface area contributed by atoms with Crippen molar-refractivity contribution in [1.29, 1.82) is 0 Å². The summed E-state index contributed by atoms with van der Waals surface area (Å²) < 4.78 is 27.7. The fourth-order valence-electron chi connectivity index (χ4n) is 2.95. The zero-order chi connectivity index (χ0) is 18.1. The van der Waals surface area contributed by atoms with Gasteiger partial charge >= 0.3 is 0 Å². The quantitative estimate of drug-likeness (QED) is 0.833. The minimum absolute atomic E-state index is 0.407. The highest BCUT2D eigenvalue weighted by atomic mass is 32.2. The second-order valence-corrected chi connectivity index (χ2v) is 8.33. The van der Waals surface area contributed by atoms with Crippen LogP contribution < -0.4 is 0 Å². The van der Waals surface area contributed by atoms with Crippen LogP contribution >= 0.6 is 0 Å². The number of likely N-dealkylation sites (N-methyl/N-ethyl adjacent to an activating group) is 1. The number of hydrogen-bond donors (Lipinski definition) is 0. The molecule has 2 aromatic rings. The van der Waals surface area contributed by atoms with Crippen molar-refractivity contribution in [3.63, 3.8) is 0 Å². The van der Waals surface area contributed by atoms with Gasteiger partial charge in [-0.25, -0.2) is 12.7 Å². The maximum absolute atomic E-state index is 13.1. The molecule has 5 heteroatoms. The molecule has 1 heterocycles. The summed E-state index contributed by atoms with van der Waals surface area (Å²) in [6.07, 6.45) is 2.32. The van der Waals surface area contributed by atoms with Gasteiger partial charge in [0.2, 0.25) is 10.0 Å². The molecule has 1 aromatic carbocycles. The van der Waals surface area contributed by atoms with E-state index in [1.807, 2.05) is 52.8 Å². The number of benzene rings is 1. The summed E-state index contributed by atoms with van der Waals surface area (Å²) in [5, 5.41) is 0. The lowest BCUT2D eigenvalue weighted by Gasteiger charge is -2.23. The Bertz CT molecular complexity index is 814. The van der Waals surface area contributed by atoms with Crippen LogP contribution in [0.2, 0.25) is 0 Å². The molecule has 0 saturated carbocycles. The smallest absolute Gasteiger partial charge is 0.243 e. The molecule has 1 aromatic heterocycles. The van der Waals surface area contributed by atoms with Gasteiger partial charge < -0.3 is 0 Å². The lowest BCUT2D eigenvalue weighted by molar-refractivity contribution is 0.470. The Balaban J connectivity index is 2.37. The third-order valence-corrected chi connectivity index (χ3v) is 7.14. The van der Waals surface area contributed by atoms with Crippen molar-refractivity contribution in [3.8, 4) is 0 Å². The summed E-state index contributed by atoms with van der Waals surface area (Å²) in [5.74, 6) is 0. The summed E-state index contributed by atoms with van der Waals surface area (Å²) >= 11 is 0. The molecule has 0 N–H and O–H groups in total. The van der Waals surface area contributed by atoms with Gasteiger partial charge in [-0.15, -0.1) is 0 Å². The average molecular weight is 346 g/mol. The minimum atomic E-state index is -3.53. The molecule has 130 valence electrons. The van der Waals surface area contributed by atoms with Crippen LogP contribution in [0.3, 0.4) is 0 Å². The van der Waals surface area contributed by atoms with Gasteiger partial charge in [-0.3, -0.25) is 4.98 Å². The van der Waals surface area contributed by atoms with Gasteiger partial charge in [0.25, 0.3) is 0 Å². The monoisotopic (exact) mass is 346 g/mol. The van der Waals surface area contributed by atoms with Gasteiger partial charge in [0.15, 0.2) is 0 Å². The summed E-state index contributed by atoms with van der Waals surface area (Å²) in [6, 6.07) is 5.68. The van der Waals surface area contributed by atoms with E-state index in [1.54, 1.807) is 13.2 Å². The zero-order valence-electron chi connectivity index (χ0n) is 15.3. The first-order valence-electron chi connectivity index (χ1n) is 8.11. The predicted molar refractivity (Wildman–Crippen MR) is 97.9 cm³/mol. The van der Waals surface area contributed by atoms with Crippen LogP contribution in [0, 0.1) is 34.6 Å². The Morgan fingerprint density at radius 3 is 1.96 bits per heavy atom. The van der Waals surface area contributed by atoms with Crippen molar-refractivity contribution in [2.75, 3.05) is 13.6 Å². The molecular formula is C19H26N2O2S. The van der Waals surface area contributed by atoms with Crippen LogP contribution in [0.5, 0.6) is 0 Å². The summed E-state index contributed by atoms with van der Waals surface area (Å²) in [6.45, 7) is 10.2. The van der Waals surface area contributed by atoms with Gasteiger partial charge in [0.05, 0.1) is 4.90 Å². The number of pyridine rings is 1. The molecule has 0 aliphatic heterocycles. The topological polar surface area (TPSA) is 50.3 Å². The Morgan fingerprint density at radius 1 is 0.917 bits per heavy atom. The van der Waals surface area contributed by atoms with Crippen molar-refractivity contribution in [2.45, 2.75) is 45.9 Å². The van der Waals surface area contributed by atoms with Crippen LogP contribution in [0.25, 0.3) is 0 Å². The Kier molecular flexibility index (Phi) is 5.45. The predicted octanol–water partition coefficient (Wildman–Crippen LogP) is 3.49. The third-order valence-electron chi connectivity index (χ3n) is 5.01. The molecule has 0 atom stereocenters. The molecule has 0 spiro atoms. The second kappa shape index (κ2) is 7.03. The normalized spacial score (nSPS) is 12.0. The van der Waals surface area contributed by atoms with Crippen molar-refractivity contribution >= 4 is 10.0 Å². The standard InChI is InChI=1S/C19H26N2O2S/c1-13-14(2)16(4)19(17(5)15(13)3)24(22,23)21(6)12-10-18-9-7-8-11-20-18/h7-9,11H,10,12H2,1-6H3. The van der Waals surface area contributed by atoms with Crippen molar-refractivity contribution in [1.82, 2.24) is 9.29 Å². The molecule has 0 amide bonds. The van der Waals surface area contributed by atoms with E-state index >= 15 is 0 Å². The van der Waals surface area contributed by atoms with Crippen LogP contribution in [-0.2, 0) is 16.4 Å². The first-order chi connectivity index (χ1) is 11.2. The SMILES string of the molecule is Cc1c(C)c(C)c(S(=O)(=O)N(C)CCc2ccccn2)c(C)c1C. The van der Waals surface area contributed by atoms with Crippen molar-refractivity contribution in [2.24, 2.45) is 0 Å². The average Bonchev–Trinajstić information content (AvgIpc) is 2.56. The maximum atomic E-state index is 13.1. The van der Waals surface area contributed by atoms with E-state index in [0.29, 0.717) is 17.9 Å². The van der Waals surface area contributed by atoms with E-state index in [4.69, 9.17) is 0 Å². The van der Waals surface area contributed by atoms with Gasteiger partial charge in [-0.1, -0.05) is 6.07 Å². The largest absolute Gasteiger partial charge is 0.261 e. The van der Waals surface area contributed by atoms with Gasteiger partial charge in [0.1, 0.15) is 0 Å². The van der Waals surface area contributed by atoms with E-state index < -0.39 is 10.0 Å². The molecular weight excluding hydrogens is 320 g/mol. The van der Waals surface area contributed by atoms with Gasteiger partial charge in [-0.05, 0) is 74.6 Å². The Morgan fingerprint density at radius 2 is 1.46 bits per heavy atom. The lowest BCUT2D eigenvalue weighted by Crippen LogP contribution is -2.30. The van der Waals surface area contributed by atoms with Crippen LogP contribution in [-0.4, -0.2) is 31.3 Å². The van der Waals surface area contributed by atoms with Crippen molar-refractivity contribution < 1.29 is 8.42 Å². The number of aromatic nitrogens is 1. The number of hydrogen-bond acceptors (Lipinski definition) is 3. The number of nitrogens with zero attached hydrogens (tertiary/aromatic N) is 2. The van der Waals surface area contributed by atoms with Crippen LogP contribution in [0.1, 0.15) is 33.5 Å². The molecule has 0 aliphatic carbocycles. The summed E-state index contributed by atoms with van der Waals surface area (Å²) in [7, 11) is -1.89. The summed E-state index contributed by atoms with van der Waals surface area (Å²) in [5.41, 5.74) is 5.86. The fraction of sp³-hybridized carbons (Fsp3) is 0.421. The molecule has 4 nitrogen and oxygen atoms in total. The molecule has 0 unspecified atom stereocenters.